The van der Waals surface area contributed by atoms with Crippen LogP contribution in [-0.2, 0) is 6.54 Å². The van der Waals surface area contributed by atoms with Crippen LogP contribution in [0.2, 0.25) is 10.0 Å². The maximum Gasteiger partial charge on any atom is 0.0669 e. The summed E-state index contributed by atoms with van der Waals surface area (Å²) in [5.74, 6) is 0. The number of halogens is 2. The molecule has 1 N–H and O–H groups in total. The lowest BCUT2D eigenvalue weighted by Crippen LogP contribution is -2.53. The van der Waals surface area contributed by atoms with Gasteiger partial charge in [-0.3, -0.25) is 4.99 Å². The molecule has 1 saturated carbocycles. The van der Waals surface area contributed by atoms with Crippen LogP contribution in [0, 0.1) is 0 Å². The van der Waals surface area contributed by atoms with Crippen LogP contribution in [0.4, 0.5) is 0 Å². The van der Waals surface area contributed by atoms with Gasteiger partial charge < -0.3 is 5.32 Å². The molecule has 1 aromatic carbocycles. The van der Waals surface area contributed by atoms with Gasteiger partial charge in [-0.1, -0.05) is 36.2 Å². The number of nitrogens with one attached hydrogen (secondary N) is 1. The number of hydrogen-bond donors (Lipinski definition) is 1. The first-order valence-electron chi connectivity index (χ1n) is 7.17. The zero-order valence-corrected chi connectivity index (χ0v) is 13.9. The molecule has 1 aromatic rings. The van der Waals surface area contributed by atoms with Gasteiger partial charge in [0.15, 0.2) is 0 Å². The van der Waals surface area contributed by atoms with Crippen molar-refractivity contribution in [3.63, 3.8) is 0 Å². The summed E-state index contributed by atoms with van der Waals surface area (Å²) in [7, 11) is 0. The number of nitrogens with zero attached hydrogens (tertiary/aromatic N) is 1. The van der Waals surface area contributed by atoms with Gasteiger partial charge in [-0.05, 0) is 45.2 Å². The van der Waals surface area contributed by atoms with Crippen LogP contribution < -0.4 is 5.32 Å². The number of aliphatic imine (C=N–C) groups is 1. The van der Waals surface area contributed by atoms with E-state index in [1.165, 1.54) is 12.1 Å². The third-order valence-electron chi connectivity index (χ3n) is 4.04. The van der Waals surface area contributed by atoms with Crippen LogP contribution >= 0.6 is 23.2 Å². The van der Waals surface area contributed by atoms with E-state index in [1.807, 2.05) is 18.2 Å². The summed E-state index contributed by atoms with van der Waals surface area (Å²) >= 11 is 12.3. The predicted octanol–water partition coefficient (Wildman–Crippen LogP) is 4.88. The van der Waals surface area contributed by atoms with Crippen LogP contribution in [0.15, 0.2) is 23.2 Å². The molecule has 2 rings (SSSR count). The molecule has 1 unspecified atom stereocenters. The molecular formula is C16H22Cl2N2. The largest absolute Gasteiger partial charge is 0.304 e. The molecule has 1 fully saturated rings. The Morgan fingerprint density at radius 1 is 1.30 bits per heavy atom. The molecule has 4 heteroatoms. The highest BCUT2D eigenvalue weighted by atomic mass is 35.5. The van der Waals surface area contributed by atoms with Crippen LogP contribution in [0.25, 0.3) is 0 Å². The van der Waals surface area contributed by atoms with Crippen molar-refractivity contribution in [2.45, 2.75) is 58.2 Å². The van der Waals surface area contributed by atoms with Gasteiger partial charge in [-0.2, -0.15) is 0 Å². The number of hydrogen-bond acceptors (Lipinski definition) is 2. The van der Waals surface area contributed by atoms with Gasteiger partial charge in [0.25, 0.3) is 0 Å². The molecule has 0 bridgehead atoms. The van der Waals surface area contributed by atoms with Crippen molar-refractivity contribution in [1.82, 2.24) is 5.32 Å². The molecule has 0 aromatic heterocycles. The lowest BCUT2D eigenvalue weighted by Gasteiger charge is -2.37. The van der Waals surface area contributed by atoms with E-state index < -0.39 is 0 Å². The zero-order chi connectivity index (χ0) is 14.8. The highest BCUT2D eigenvalue weighted by Crippen LogP contribution is 2.27. The molecule has 1 atom stereocenters. The summed E-state index contributed by atoms with van der Waals surface area (Å²) in [5, 5.41) is 5.05. The first kappa shape index (κ1) is 15.8. The molecule has 1 aliphatic carbocycles. The Kier molecular flexibility index (Phi) is 5.11. The van der Waals surface area contributed by atoms with E-state index in [0.717, 1.165) is 18.4 Å². The minimum absolute atomic E-state index is 0.161. The average molecular weight is 313 g/mol. The molecule has 0 heterocycles. The van der Waals surface area contributed by atoms with Crippen LogP contribution in [0.1, 0.15) is 45.6 Å². The fraction of sp³-hybridized carbons (Fsp3) is 0.562. The Balaban J connectivity index is 2.02. The summed E-state index contributed by atoms with van der Waals surface area (Å²) in [6.45, 7) is 7.23. The summed E-state index contributed by atoms with van der Waals surface area (Å²) in [5.41, 5.74) is 2.32. The maximum atomic E-state index is 6.17. The highest BCUT2D eigenvalue weighted by Gasteiger charge is 2.30. The molecule has 20 heavy (non-hydrogen) atoms. The Hall–Kier alpha value is -0.570. The summed E-state index contributed by atoms with van der Waals surface area (Å²) < 4.78 is 0. The second kappa shape index (κ2) is 6.46. The lowest BCUT2D eigenvalue weighted by molar-refractivity contribution is 0.333. The molecule has 1 aliphatic rings. The molecular weight excluding hydrogens is 291 g/mol. The molecule has 0 radical (unpaired) electrons. The molecule has 2 nitrogen and oxygen atoms in total. The van der Waals surface area contributed by atoms with Gasteiger partial charge in [0.2, 0.25) is 0 Å². The summed E-state index contributed by atoms with van der Waals surface area (Å²) in [6, 6.07) is 5.99. The van der Waals surface area contributed by atoms with Crippen LogP contribution in [0.3, 0.4) is 0 Å². The second-order valence-electron chi connectivity index (χ2n) is 5.98. The van der Waals surface area contributed by atoms with E-state index in [-0.39, 0.29) is 5.54 Å². The standard InChI is InChI=1S/C16H22Cl2N2/c1-4-16(2,3)20-15-9-8-14(15)19-10-11-12(17)6-5-7-13(11)18/h5-7,15,20H,4,8-10H2,1-3H3. The van der Waals surface area contributed by atoms with Crippen LogP contribution in [0.5, 0.6) is 0 Å². The molecule has 0 amide bonds. The smallest absolute Gasteiger partial charge is 0.0669 e. The highest BCUT2D eigenvalue weighted by molar-refractivity contribution is 6.36. The molecule has 0 saturated heterocycles. The predicted molar refractivity (Wildman–Crippen MR) is 88.1 cm³/mol. The fourth-order valence-electron chi connectivity index (χ4n) is 2.20. The molecule has 110 valence electrons. The van der Waals surface area contributed by atoms with Gasteiger partial charge >= 0.3 is 0 Å². The summed E-state index contributed by atoms with van der Waals surface area (Å²) in [4.78, 5) is 4.71. The van der Waals surface area contributed by atoms with E-state index in [2.05, 4.69) is 26.1 Å². The minimum atomic E-state index is 0.161. The lowest BCUT2D eigenvalue weighted by atomic mass is 9.86. The topological polar surface area (TPSA) is 24.4 Å². The van der Waals surface area contributed by atoms with Crippen molar-refractivity contribution in [3.8, 4) is 0 Å². The maximum absolute atomic E-state index is 6.17. The molecule has 0 spiro atoms. The Morgan fingerprint density at radius 3 is 2.45 bits per heavy atom. The summed E-state index contributed by atoms with van der Waals surface area (Å²) in [6.07, 6.45) is 3.34. The first-order valence-corrected chi connectivity index (χ1v) is 7.92. The Bertz CT molecular complexity index is 489. The average Bonchev–Trinajstić information content (AvgIpc) is 2.38. The number of benzene rings is 1. The second-order valence-corrected chi connectivity index (χ2v) is 6.80. The zero-order valence-electron chi connectivity index (χ0n) is 12.3. The van der Waals surface area contributed by atoms with Gasteiger partial charge in [-0.15, -0.1) is 0 Å². The van der Waals surface area contributed by atoms with E-state index in [9.17, 15) is 0 Å². The van der Waals surface area contributed by atoms with Crippen molar-refractivity contribution in [2.75, 3.05) is 0 Å². The van der Waals surface area contributed by atoms with E-state index in [4.69, 9.17) is 28.2 Å². The third kappa shape index (κ3) is 3.75. The number of rotatable bonds is 5. The SMILES string of the molecule is CCC(C)(C)NC1CCC1=NCc1c(Cl)cccc1Cl. The van der Waals surface area contributed by atoms with Crippen LogP contribution in [-0.4, -0.2) is 17.3 Å². The van der Waals surface area contributed by atoms with Gasteiger partial charge in [-0.25, -0.2) is 0 Å². The van der Waals surface area contributed by atoms with Gasteiger partial charge in [0.05, 0.1) is 6.54 Å². The Labute approximate surface area is 131 Å². The fourth-order valence-corrected chi connectivity index (χ4v) is 2.72. The van der Waals surface area contributed by atoms with Gasteiger partial charge in [0, 0.05) is 32.9 Å². The van der Waals surface area contributed by atoms with Crippen molar-refractivity contribution in [1.29, 1.82) is 0 Å². The Morgan fingerprint density at radius 2 is 1.95 bits per heavy atom. The normalized spacial score (nSPS) is 21.1. The van der Waals surface area contributed by atoms with Crippen molar-refractivity contribution < 1.29 is 0 Å². The van der Waals surface area contributed by atoms with Crippen molar-refractivity contribution >= 4 is 28.9 Å². The first-order chi connectivity index (χ1) is 9.43. The molecule has 0 aliphatic heterocycles. The van der Waals surface area contributed by atoms with E-state index >= 15 is 0 Å². The quantitative estimate of drug-likeness (QED) is 0.823. The van der Waals surface area contributed by atoms with E-state index in [0.29, 0.717) is 22.6 Å². The monoisotopic (exact) mass is 312 g/mol. The van der Waals surface area contributed by atoms with Crippen molar-refractivity contribution in [2.24, 2.45) is 4.99 Å². The van der Waals surface area contributed by atoms with Crippen molar-refractivity contribution in [3.05, 3.63) is 33.8 Å². The van der Waals surface area contributed by atoms with Gasteiger partial charge in [0.1, 0.15) is 0 Å². The third-order valence-corrected chi connectivity index (χ3v) is 4.75. The van der Waals surface area contributed by atoms with E-state index in [1.54, 1.807) is 0 Å². The minimum Gasteiger partial charge on any atom is -0.304 e.